The molecule has 0 bridgehead atoms. The van der Waals surface area contributed by atoms with E-state index in [4.69, 9.17) is 4.74 Å². The molecule has 0 fully saturated rings. The van der Waals surface area contributed by atoms with Crippen molar-refractivity contribution in [3.63, 3.8) is 0 Å². The number of halogens is 4. The zero-order chi connectivity index (χ0) is 14.3. The monoisotopic (exact) mass is 281 g/mol. The summed E-state index contributed by atoms with van der Waals surface area (Å²) in [5, 5.41) is 2.96. The van der Waals surface area contributed by atoms with E-state index >= 15 is 0 Å². The van der Waals surface area contributed by atoms with Crippen LogP contribution in [-0.4, -0.2) is 33.0 Å². The normalized spacial score (nSPS) is 11.6. The lowest BCUT2D eigenvalue weighted by Crippen LogP contribution is -2.20. The number of benzene rings is 1. The van der Waals surface area contributed by atoms with Crippen LogP contribution in [0.4, 0.5) is 17.6 Å². The van der Waals surface area contributed by atoms with Gasteiger partial charge in [-0.3, -0.25) is 0 Å². The number of hydrogen-bond donors (Lipinski definition) is 1. The largest absolute Gasteiger partial charge is 0.484 e. The van der Waals surface area contributed by atoms with Crippen molar-refractivity contribution in [2.24, 2.45) is 0 Å². The first kappa shape index (κ1) is 15.7. The fourth-order valence-electron chi connectivity index (χ4n) is 1.38. The Bertz CT molecular complexity index is 396. The molecule has 0 radical (unpaired) electrons. The standard InChI is InChI=1S/C12H15F4NO2/c1-18-3-2-17-7-9-4-10(13)6-11(5-9)19-8-12(14,15)16/h4-6,17H,2-3,7-8H2,1H3. The molecule has 3 nitrogen and oxygen atoms in total. The molecule has 1 rings (SSSR count). The summed E-state index contributed by atoms with van der Waals surface area (Å²) < 4.78 is 58.5. The van der Waals surface area contributed by atoms with Crippen molar-refractivity contribution in [1.29, 1.82) is 0 Å². The molecule has 0 heterocycles. The quantitative estimate of drug-likeness (QED) is 0.615. The van der Waals surface area contributed by atoms with E-state index < -0.39 is 18.6 Å². The molecule has 0 aliphatic heterocycles. The van der Waals surface area contributed by atoms with Gasteiger partial charge in [-0.15, -0.1) is 0 Å². The molecule has 0 atom stereocenters. The molecule has 0 saturated carbocycles. The van der Waals surface area contributed by atoms with Crippen LogP contribution in [0.25, 0.3) is 0 Å². The van der Waals surface area contributed by atoms with E-state index in [1.165, 1.54) is 12.1 Å². The molecule has 7 heteroatoms. The van der Waals surface area contributed by atoms with Gasteiger partial charge in [0.1, 0.15) is 11.6 Å². The highest BCUT2D eigenvalue weighted by atomic mass is 19.4. The van der Waals surface area contributed by atoms with Gasteiger partial charge in [0, 0.05) is 26.3 Å². The average molecular weight is 281 g/mol. The van der Waals surface area contributed by atoms with Crippen molar-refractivity contribution in [1.82, 2.24) is 5.32 Å². The molecular formula is C12H15F4NO2. The molecule has 0 aliphatic rings. The topological polar surface area (TPSA) is 30.5 Å². The summed E-state index contributed by atoms with van der Waals surface area (Å²) in [7, 11) is 1.55. The Balaban J connectivity index is 2.56. The van der Waals surface area contributed by atoms with Gasteiger partial charge in [-0.05, 0) is 17.7 Å². The number of rotatable bonds is 7. The predicted molar refractivity (Wildman–Crippen MR) is 61.5 cm³/mol. The Morgan fingerprint density at radius 2 is 1.95 bits per heavy atom. The first-order chi connectivity index (χ1) is 8.90. The third-order valence-corrected chi connectivity index (χ3v) is 2.15. The molecular weight excluding hydrogens is 266 g/mol. The Morgan fingerprint density at radius 3 is 2.58 bits per heavy atom. The first-order valence-electron chi connectivity index (χ1n) is 5.59. The molecule has 108 valence electrons. The summed E-state index contributed by atoms with van der Waals surface area (Å²) >= 11 is 0. The number of ether oxygens (including phenoxy) is 2. The van der Waals surface area contributed by atoms with Crippen molar-refractivity contribution in [3.05, 3.63) is 29.6 Å². The van der Waals surface area contributed by atoms with E-state index in [1.807, 2.05) is 0 Å². The molecule has 0 amide bonds. The highest BCUT2D eigenvalue weighted by Gasteiger charge is 2.28. The van der Waals surface area contributed by atoms with Gasteiger partial charge < -0.3 is 14.8 Å². The molecule has 0 saturated heterocycles. The summed E-state index contributed by atoms with van der Waals surface area (Å²) in [5.74, 6) is -0.774. The van der Waals surface area contributed by atoms with Crippen LogP contribution in [0.15, 0.2) is 18.2 Å². The van der Waals surface area contributed by atoms with Crippen molar-refractivity contribution in [3.8, 4) is 5.75 Å². The highest BCUT2D eigenvalue weighted by molar-refractivity contribution is 5.29. The summed E-state index contributed by atoms with van der Waals surface area (Å²) in [4.78, 5) is 0. The Morgan fingerprint density at radius 1 is 1.21 bits per heavy atom. The van der Waals surface area contributed by atoms with Crippen LogP contribution in [0.2, 0.25) is 0 Å². The van der Waals surface area contributed by atoms with Gasteiger partial charge in [0.05, 0.1) is 6.61 Å². The van der Waals surface area contributed by atoms with Crippen LogP contribution in [0.3, 0.4) is 0 Å². The Kier molecular flexibility index (Phi) is 6.04. The molecule has 19 heavy (non-hydrogen) atoms. The third-order valence-electron chi connectivity index (χ3n) is 2.15. The fraction of sp³-hybridized carbons (Fsp3) is 0.500. The summed E-state index contributed by atoms with van der Waals surface area (Å²) in [6.45, 7) is -0.0605. The van der Waals surface area contributed by atoms with Gasteiger partial charge in [0.25, 0.3) is 0 Å². The minimum atomic E-state index is -4.44. The van der Waals surface area contributed by atoms with E-state index in [9.17, 15) is 17.6 Å². The maximum Gasteiger partial charge on any atom is 0.422 e. The van der Waals surface area contributed by atoms with Crippen LogP contribution in [0, 0.1) is 5.82 Å². The molecule has 1 aromatic carbocycles. The highest BCUT2D eigenvalue weighted by Crippen LogP contribution is 2.20. The van der Waals surface area contributed by atoms with Crippen LogP contribution in [-0.2, 0) is 11.3 Å². The van der Waals surface area contributed by atoms with Gasteiger partial charge in [-0.25, -0.2) is 4.39 Å². The van der Waals surface area contributed by atoms with Crippen molar-refractivity contribution in [2.45, 2.75) is 12.7 Å². The summed E-state index contributed by atoms with van der Waals surface area (Å²) in [6.07, 6.45) is -4.44. The minimum absolute atomic E-state index is 0.138. The van der Waals surface area contributed by atoms with Gasteiger partial charge >= 0.3 is 6.18 Å². The zero-order valence-corrected chi connectivity index (χ0v) is 10.4. The Labute approximate surface area is 108 Å². The molecule has 0 aromatic heterocycles. The van der Waals surface area contributed by atoms with Crippen molar-refractivity contribution >= 4 is 0 Å². The smallest absolute Gasteiger partial charge is 0.422 e. The van der Waals surface area contributed by atoms with E-state index in [-0.39, 0.29) is 5.75 Å². The minimum Gasteiger partial charge on any atom is -0.484 e. The zero-order valence-electron chi connectivity index (χ0n) is 10.4. The van der Waals surface area contributed by atoms with Crippen LogP contribution < -0.4 is 10.1 Å². The third kappa shape index (κ3) is 6.97. The molecule has 1 aromatic rings. The van der Waals surface area contributed by atoms with Crippen molar-refractivity contribution < 1.29 is 27.0 Å². The van der Waals surface area contributed by atoms with Crippen LogP contribution >= 0.6 is 0 Å². The fourth-order valence-corrected chi connectivity index (χ4v) is 1.38. The maximum atomic E-state index is 13.2. The van der Waals surface area contributed by atoms with E-state index in [2.05, 4.69) is 10.1 Å². The van der Waals surface area contributed by atoms with Gasteiger partial charge in [0.15, 0.2) is 6.61 Å². The van der Waals surface area contributed by atoms with Gasteiger partial charge in [-0.2, -0.15) is 13.2 Å². The van der Waals surface area contributed by atoms with Gasteiger partial charge in [0.2, 0.25) is 0 Å². The van der Waals surface area contributed by atoms with Crippen molar-refractivity contribution in [2.75, 3.05) is 26.9 Å². The SMILES string of the molecule is COCCNCc1cc(F)cc(OCC(F)(F)F)c1. The second-order valence-corrected chi connectivity index (χ2v) is 3.87. The number of hydrogen-bond acceptors (Lipinski definition) is 3. The molecule has 0 unspecified atom stereocenters. The maximum absolute atomic E-state index is 13.2. The van der Waals surface area contributed by atoms with Crippen LogP contribution in [0.5, 0.6) is 5.75 Å². The number of nitrogens with one attached hydrogen (secondary N) is 1. The summed E-state index contributed by atoms with van der Waals surface area (Å²) in [6, 6.07) is 3.53. The molecule has 1 N–H and O–H groups in total. The first-order valence-corrected chi connectivity index (χ1v) is 5.59. The predicted octanol–water partition coefficient (Wildman–Crippen LogP) is 2.50. The second-order valence-electron chi connectivity index (χ2n) is 3.87. The molecule has 0 spiro atoms. The second kappa shape index (κ2) is 7.30. The number of alkyl halides is 3. The van der Waals surface area contributed by atoms with E-state index in [0.29, 0.717) is 25.3 Å². The lowest BCUT2D eigenvalue weighted by molar-refractivity contribution is -0.153. The number of methoxy groups -OCH3 is 1. The summed E-state index contributed by atoms with van der Waals surface area (Å²) in [5.41, 5.74) is 0.508. The van der Waals surface area contributed by atoms with Crippen LogP contribution in [0.1, 0.15) is 5.56 Å². The molecule has 0 aliphatic carbocycles. The lowest BCUT2D eigenvalue weighted by atomic mass is 10.2. The Hall–Kier alpha value is -1.34. The van der Waals surface area contributed by atoms with E-state index in [0.717, 1.165) is 6.07 Å². The van der Waals surface area contributed by atoms with Gasteiger partial charge in [-0.1, -0.05) is 0 Å². The average Bonchev–Trinajstić information content (AvgIpc) is 2.31. The van der Waals surface area contributed by atoms with E-state index in [1.54, 1.807) is 7.11 Å². The lowest BCUT2D eigenvalue weighted by Gasteiger charge is -2.11.